The Morgan fingerprint density at radius 1 is 0.840 bits per heavy atom. The zero-order chi connectivity index (χ0) is 18.9. The monoisotopic (exact) mass is 353 g/mol. The molecule has 0 amide bonds. The summed E-state index contributed by atoms with van der Waals surface area (Å²) in [6.07, 6.45) is 0. The lowest BCUT2D eigenvalue weighted by molar-refractivity contribution is 0.0681. The van der Waals surface area contributed by atoms with E-state index in [1.807, 2.05) is 0 Å². The number of ether oxygens (including phenoxy) is 3. The van der Waals surface area contributed by atoms with Gasteiger partial charge in [0.1, 0.15) is 0 Å². The van der Waals surface area contributed by atoms with Gasteiger partial charge < -0.3 is 34.6 Å². The number of benzene rings is 1. The van der Waals surface area contributed by atoms with Crippen molar-refractivity contribution in [2.45, 2.75) is 0 Å². The van der Waals surface area contributed by atoms with E-state index >= 15 is 0 Å². The van der Waals surface area contributed by atoms with Crippen molar-refractivity contribution in [3.63, 3.8) is 0 Å². The van der Waals surface area contributed by atoms with E-state index in [1.54, 1.807) is 0 Å². The third-order valence-electron chi connectivity index (χ3n) is 3.43. The van der Waals surface area contributed by atoms with Crippen LogP contribution in [-0.2, 0) is 0 Å². The van der Waals surface area contributed by atoms with Crippen LogP contribution in [0.1, 0.15) is 21.0 Å². The Kier molecular flexibility index (Phi) is 4.63. The van der Waals surface area contributed by atoms with Gasteiger partial charge in [0, 0.05) is 12.1 Å². The fraction of sp³-hybridized carbons (Fsp3) is 0.200. The Morgan fingerprint density at radius 2 is 1.24 bits per heavy atom. The van der Waals surface area contributed by atoms with Crippen LogP contribution in [0.4, 0.5) is 0 Å². The highest BCUT2D eigenvalue weighted by Gasteiger charge is 2.32. The SMILES string of the molecule is COc1cc(-n2c(C(=O)O)c(O)c(O)c2C(=O)O)cc(OC)c1OC. The molecule has 1 aromatic heterocycles. The van der Waals surface area contributed by atoms with Crippen LogP contribution in [0.3, 0.4) is 0 Å². The van der Waals surface area contributed by atoms with Gasteiger partial charge in [-0.25, -0.2) is 9.59 Å². The highest BCUT2D eigenvalue weighted by atomic mass is 16.5. The van der Waals surface area contributed by atoms with Crippen LogP contribution >= 0.6 is 0 Å². The lowest BCUT2D eigenvalue weighted by Gasteiger charge is -2.16. The number of aromatic nitrogens is 1. The first-order chi connectivity index (χ1) is 11.8. The predicted molar refractivity (Wildman–Crippen MR) is 82.7 cm³/mol. The Morgan fingerprint density at radius 3 is 1.52 bits per heavy atom. The van der Waals surface area contributed by atoms with E-state index in [0.29, 0.717) is 4.57 Å². The van der Waals surface area contributed by atoms with Crippen LogP contribution in [-0.4, -0.2) is 58.3 Å². The molecular formula is C15H15NO9. The molecule has 0 unspecified atom stereocenters. The van der Waals surface area contributed by atoms with E-state index in [2.05, 4.69) is 0 Å². The summed E-state index contributed by atoms with van der Waals surface area (Å²) in [4.78, 5) is 22.9. The molecule has 0 aliphatic carbocycles. The van der Waals surface area contributed by atoms with Gasteiger partial charge in [0.2, 0.25) is 5.75 Å². The number of aromatic carboxylic acids is 2. The summed E-state index contributed by atoms with van der Waals surface area (Å²) in [7, 11) is 4.00. The molecule has 1 aromatic carbocycles. The molecule has 0 saturated carbocycles. The topological polar surface area (TPSA) is 148 Å². The second kappa shape index (κ2) is 6.51. The molecular weight excluding hydrogens is 338 g/mol. The highest BCUT2D eigenvalue weighted by Crippen LogP contribution is 2.43. The molecule has 2 aromatic rings. The largest absolute Gasteiger partial charge is 0.503 e. The van der Waals surface area contributed by atoms with E-state index in [-0.39, 0.29) is 22.9 Å². The molecule has 0 aliphatic rings. The maximum Gasteiger partial charge on any atom is 0.356 e. The third-order valence-corrected chi connectivity index (χ3v) is 3.43. The number of hydrogen-bond donors (Lipinski definition) is 4. The normalized spacial score (nSPS) is 10.4. The van der Waals surface area contributed by atoms with Gasteiger partial charge in [-0.3, -0.25) is 4.57 Å². The number of nitrogens with zero attached hydrogens (tertiary/aromatic N) is 1. The van der Waals surface area contributed by atoms with Crippen LogP contribution in [0.15, 0.2) is 12.1 Å². The molecule has 0 saturated heterocycles. The van der Waals surface area contributed by atoms with E-state index in [9.17, 15) is 30.0 Å². The van der Waals surface area contributed by atoms with Gasteiger partial charge in [-0.15, -0.1) is 0 Å². The molecule has 10 nitrogen and oxygen atoms in total. The summed E-state index contributed by atoms with van der Waals surface area (Å²) in [6.45, 7) is 0. The van der Waals surface area contributed by atoms with Crippen LogP contribution < -0.4 is 14.2 Å². The summed E-state index contributed by atoms with van der Waals surface area (Å²) < 4.78 is 16.1. The number of carboxylic acids is 2. The lowest BCUT2D eigenvalue weighted by atomic mass is 10.2. The van der Waals surface area contributed by atoms with E-state index in [4.69, 9.17) is 14.2 Å². The van der Waals surface area contributed by atoms with Crippen LogP contribution in [0.5, 0.6) is 28.7 Å². The molecule has 25 heavy (non-hydrogen) atoms. The van der Waals surface area contributed by atoms with Gasteiger partial charge in [-0.1, -0.05) is 0 Å². The minimum absolute atomic E-state index is 0.0418. The van der Waals surface area contributed by atoms with Crippen LogP contribution in [0.25, 0.3) is 5.69 Å². The fourth-order valence-electron chi connectivity index (χ4n) is 2.40. The minimum atomic E-state index is -1.64. The van der Waals surface area contributed by atoms with Gasteiger partial charge in [0.25, 0.3) is 0 Å². The summed E-state index contributed by atoms with van der Waals surface area (Å²) in [5.41, 5.74) is -1.70. The molecule has 0 fully saturated rings. The molecule has 4 N–H and O–H groups in total. The molecule has 134 valence electrons. The van der Waals surface area contributed by atoms with Crippen molar-refractivity contribution in [2.75, 3.05) is 21.3 Å². The summed E-state index contributed by atoms with van der Waals surface area (Å²) in [5, 5.41) is 38.3. The van der Waals surface area contributed by atoms with Crippen molar-refractivity contribution in [1.29, 1.82) is 0 Å². The summed E-state index contributed by atoms with van der Waals surface area (Å²) >= 11 is 0. The maximum atomic E-state index is 11.5. The number of carbonyl (C=O) groups is 2. The average molecular weight is 353 g/mol. The zero-order valence-electron chi connectivity index (χ0n) is 13.4. The average Bonchev–Trinajstić information content (AvgIpc) is 2.85. The molecule has 0 bridgehead atoms. The van der Waals surface area contributed by atoms with E-state index in [1.165, 1.54) is 33.5 Å². The van der Waals surface area contributed by atoms with E-state index in [0.717, 1.165) is 0 Å². The molecule has 0 aliphatic heterocycles. The first-order valence-electron chi connectivity index (χ1n) is 6.72. The Balaban J connectivity index is 2.93. The molecule has 10 heteroatoms. The van der Waals surface area contributed by atoms with Crippen molar-refractivity contribution >= 4 is 11.9 Å². The van der Waals surface area contributed by atoms with Gasteiger partial charge in [0.15, 0.2) is 34.4 Å². The molecule has 0 spiro atoms. The fourth-order valence-corrected chi connectivity index (χ4v) is 2.40. The molecule has 2 rings (SSSR count). The number of aromatic hydroxyl groups is 2. The van der Waals surface area contributed by atoms with Gasteiger partial charge >= 0.3 is 11.9 Å². The predicted octanol–water partition coefficient (Wildman–Crippen LogP) is 1.31. The minimum Gasteiger partial charge on any atom is -0.503 e. The van der Waals surface area contributed by atoms with Crippen molar-refractivity contribution < 1.29 is 44.2 Å². The number of hydrogen-bond acceptors (Lipinski definition) is 7. The summed E-state index contributed by atoms with van der Waals surface area (Å²) in [5.74, 6) is -4.99. The zero-order valence-corrected chi connectivity index (χ0v) is 13.4. The first-order valence-corrected chi connectivity index (χ1v) is 6.72. The number of methoxy groups -OCH3 is 3. The standard InChI is InChI=1S/C15H15NO9/c1-23-7-4-6(5-8(24-2)13(7)25-3)16-9(14(19)20)11(17)12(18)10(16)15(21)22/h4-5,17-18H,1-3H3,(H,19,20)(H,21,22). The molecule has 0 atom stereocenters. The van der Waals surface area contributed by atoms with Crippen molar-refractivity contribution in [3.05, 3.63) is 23.5 Å². The number of carboxylic acid groups (broad SMARTS) is 2. The van der Waals surface area contributed by atoms with Crippen molar-refractivity contribution in [2.24, 2.45) is 0 Å². The van der Waals surface area contributed by atoms with Gasteiger partial charge in [0.05, 0.1) is 27.0 Å². The van der Waals surface area contributed by atoms with Gasteiger partial charge in [-0.05, 0) is 0 Å². The Bertz CT molecular complexity index is 791. The maximum absolute atomic E-state index is 11.5. The number of rotatable bonds is 6. The Labute approximate surface area is 141 Å². The molecule has 1 heterocycles. The summed E-state index contributed by atoms with van der Waals surface area (Å²) in [6, 6.07) is 2.55. The van der Waals surface area contributed by atoms with Crippen molar-refractivity contribution in [3.8, 4) is 34.4 Å². The smallest absolute Gasteiger partial charge is 0.356 e. The second-order valence-electron chi connectivity index (χ2n) is 4.72. The lowest BCUT2D eigenvalue weighted by Crippen LogP contribution is -2.13. The van der Waals surface area contributed by atoms with Crippen molar-refractivity contribution in [1.82, 2.24) is 4.57 Å². The second-order valence-corrected chi connectivity index (χ2v) is 4.72. The van der Waals surface area contributed by atoms with Crippen LogP contribution in [0, 0.1) is 0 Å². The quantitative estimate of drug-likeness (QED) is 0.603. The van der Waals surface area contributed by atoms with Crippen LogP contribution in [0.2, 0.25) is 0 Å². The van der Waals surface area contributed by atoms with Gasteiger partial charge in [-0.2, -0.15) is 0 Å². The van der Waals surface area contributed by atoms with E-state index < -0.39 is 34.8 Å². The first kappa shape index (κ1) is 17.8. The Hall–Kier alpha value is -3.56. The third kappa shape index (κ3) is 2.73. The molecule has 0 radical (unpaired) electrons. The highest BCUT2D eigenvalue weighted by molar-refractivity contribution is 5.99.